The first-order chi connectivity index (χ1) is 10.6. The Hall–Kier alpha value is -2.55. The van der Waals surface area contributed by atoms with Crippen molar-refractivity contribution in [2.24, 2.45) is 7.05 Å². The molecule has 0 fully saturated rings. The van der Waals surface area contributed by atoms with Crippen LogP contribution in [0.4, 0.5) is 0 Å². The molecule has 0 saturated carbocycles. The lowest BCUT2D eigenvalue weighted by atomic mass is 10.2. The van der Waals surface area contributed by atoms with Crippen LogP contribution < -0.4 is 5.69 Å². The van der Waals surface area contributed by atoms with Gasteiger partial charge in [-0.2, -0.15) is 0 Å². The van der Waals surface area contributed by atoms with Crippen LogP contribution in [0.5, 0.6) is 0 Å². The summed E-state index contributed by atoms with van der Waals surface area (Å²) in [5, 5.41) is 0. The van der Waals surface area contributed by atoms with Gasteiger partial charge in [0, 0.05) is 12.7 Å². The van der Waals surface area contributed by atoms with Gasteiger partial charge in [0.15, 0.2) is 0 Å². The first-order valence-corrected chi connectivity index (χ1v) is 7.47. The van der Waals surface area contributed by atoms with E-state index in [1.54, 1.807) is 16.2 Å². The highest BCUT2D eigenvalue weighted by molar-refractivity contribution is 5.81. The first-order valence-electron chi connectivity index (χ1n) is 7.47. The third kappa shape index (κ3) is 2.89. The van der Waals surface area contributed by atoms with Gasteiger partial charge in [-0.3, -0.25) is 9.13 Å². The van der Waals surface area contributed by atoms with Gasteiger partial charge in [0.2, 0.25) is 0 Å². The van der Waals surface area contributed by atoms with Crippen molar-refractivity contribution in [3.63, 3.8) is 0 Å². The predicted octanol–water partition coefficient (Wildman–Crippen LogP) is 4.28. The smallest absolute Gasteiger partial charge is 0.295 e. The molecule has 2 aromatic rings. The standard InChI is InChI=1S/C19H22N2O/c1-5-10-15(6-2)13-14-16(7-3)21-18-12-9-8-11-17(18)20(4)19(21)22/h6-14H,2,5H2,1,3-4H3/b14-13-,15-10-,16-7+. The normalized spacial score (nSPS) is 13.2. The van der Waals surface area contributed by atoms with Crippen LogP contribution in [0, 0.1) is 0 Å². The number of hydrogen-bond acceptors (Lipinski definition) is 1. The zero-order chi connectivity index (χ0) is 16.1. The number of nitrogens with zero attached hydrogens (tertiary/aromatic N) is 2. The van der Waals surface area contributed by atoms with Crippen molar-refractivity contribution in [1.29, 1.82) is 0 Å². The molecule has 0 spiro atoms. The highest BCUT2D eigenvalue weighted by Crippen LogP contribution is 2.17. The summed E-state index contributed by atoms with van der Waals surface area (Å²) in [6.07, 6.45) is 10.8. The zero-order valence-corrected chi connectivity index (χ0v) is 13.4. The van der Waals surface area contributed by atoms with Crippen molar-refractivity contribution in [1.82, 2.24) is 9.13 Å². The van der Waals surface area contributed by atoms with E-state index < -0.39 is 0 Å². The van der Waals surface area contributed by atoms with Crippen molar-refractivity contribution in [2.75, 3.05) is 0 Å². The monoisotopic (exact) mass is 294 g/mol. The SMILES string of the molecule is C=CC(/C=C\C(=C/C)n1c(=O)n(C)c2ccccc21)=C/CC. The highest BCUT2D eigenvalue weighted by atomic mass is 16.1. The summed E-state index contributed by atoms with van der Waals surface area (Å²) in [7, 11) is 1.80. The molecule has 0 aliphatic carbocycles. The second-order valence-corrected chi connectivity index (χ2v) is 5.03. The van der Waals surface area contributed by atoms with Crippen LogP contribution in [-0.2, 0) is 7.05 Å². The Bertz CT molecular complexity index is 829. The molecule has 0 atom stereocenters. The number of benzene rings is 1. The number of para-hydroxylation sites is 2. The molecule has 1 aromatic carbocycles. The molecule has 1 aromatic heterocycles. The molecule has 114 valence electrons. The second-order valence-electron chi connectivity index (χ2n) is 5.03. The van der Waals surface area contributed by atoms with E-state index in [1.165, 1.54) is 0 Å². The lowest BCUT2D eigenvalue weighted by Gasteiger charge is -2.04. The third-order valence-corrected chi connectivity index (χ3v) is 3.64. The van der Waals surface area contributed by atoms with Gasteiger partial charge in [-0.15, -0.1) is 0 Å². The fourth-order valence-electron chi connectivity index (χ4n) is 2.48. The average molecular weight is 294 g/mol. The maximum absolute atomic E-state index is 12.5. The third-order valence-electron chi connectivity index (χ3n) is 3.64. The molecule has 0 aliphatic heterocycles. The molecule has 1 heterocycles. The summed E-state index contributed by atoms with van der Waals surface area (Å²) in [5.74, 6) is 0. The minimum atomic E-state index is -0.0430. The summed E-state index contributed by atoms with van der Waals surface area (Å²) < 4.78 is 3.40. The van der Waals surface area contributed by atoms with Gasteiger partial charge in [0.25, 0.3) is 0 Å². The van der Waals surface area contributed by atoms with Crippen molar-refractivity contribution in [2.45, 2.75) is 20.3 Å². The number of aryl methyl sites for hydroxylation is 1. The van der Waals surface area contributed by atoms with Crippen molar-refractivity contribution in [3.05, 3.63) is 77.3 Å². The van der Waals surface area contributed by atoms with Gasteiger partial charge in [0.1, 0.15) is 0 Å². The van der Waals surface area contributed by atoms with E-state index >= 15 is 0 Å². The second kappa shape index (κ2) is 6.94. The van der Waals surface area contributed by atoms with Gasteiger partial charge in [-0.05, 0) is 37.1 Å². The molecule has 22 heavy (non-hydrogen) atoms. The minimum absolute atomic E-state index is 0.0430. The molecule has 0 bridgehead atoms. The fourth-order valence-corrected chi connectivity index (χ4v) is 2.48. The number of rotatable bonds is 5. The van der Waals surface area contributed by atoms with Crippen molar-refractivity contribution in [3.8, 4) is 0 Å². The largest absolute Gasteiger partial charge is 0.333 e. The Balaban J connectivity index is 2.57. The Labute approximate surface area is 131 Å². The maximum atomic E-state index is 12.5. The Morgan fingerprint density at radius 3 is 2.50 bits per heavy atom. The lowest BCUT2D eigenvalue weighted by molar-refractivity contribution is 0.855. The number of fused-ring (bicyclic) bond motifs is 1. The van der Waals surface area contributed by atoms with E-state index in [4.69, 9.17) is 0 Å². The minimum Gasteiger partial charge on any atom is -0.295 e. The molecule has 0 unspecified atom stereocenters. The Morgan fingerprint density at radius 1 is 1.23 bits per heavy atom. The molecular weight excluding hydrogens is 272 g/mol. The lowest BCUT2D eigenvalue weighted by Crippen LogP contribution is -2.21. The molecule has 2 rings (SSSR count). The summed E-state index contributed by atoms with van der Waals surface area (Å²) in [4.78, 5) is 12.5. The summed E-state index contributed by atoms with van der Waals surface area (Å²) in [5.41, 5.74) is 3.69. The van der Waals surface area contributed by atoms with Crippen LogP contribution in [-0.4, -0.2) is 9.13 Å². The predicted molar refractivity (Wildman–Crippen MR) is 94.8 cm³/mol. The Kier molecular flexibility index (Phi) is 4.99. The zero-order valence-electron chi connectivity index (χ0n) is 13.4. The van der Waals surface area contributed by atoms with Crippen molar-refractivity contribution < 1.29 is 0 Å². The molecule has 3 nitrogen and oxygen atoms in total. The summed E-state index contributed by atoms with van der Waals surface area (Å²) in [6.45, 7) is 7.84. The Morgan fingerprint density at radius 2 is 1.91 bits per heavy atom. The van der Waals surface area contributed by atoms with E-state index in [2.05, 4.69) is 19.6 Å². The quantitative estimate of drug-likeness (QED) is 0.756. The van der Waals surface area contributed by atoms with E-state index in [-0.39, 0.29) is 5.69 Å². The van der Waals surface area contributed by atoms with Gasteiger partial charge in [-0.25, -0.2) is 4.79 Å². The number of allylic oxidation sites excluding steroid dienone is 7. The van der Waals surface area contributed by atoms with E-state index in [0.717, 1.165) is 28.7 Å². The summed E-state index contributed by atoms with van der Waals surface area (Å²) >= 11 is 0. The number of imidazole rings is 1. The molecule has 0 N–H and O–H groups in total. The number of aromatic nitrogens is 2. The topological polar surface area (TPSA) is 26.9 Å². The first kappa shape index (κ1) is 15.8. The summed E-state index contributed by atoms with van der Waals surface area (Å²) in [6, 6.07) is 7.80. The highest BCUT2D eigenvalue weighted by Gasteiger charge is 2.11. The van der Waals surface area contributed by atoms with Crippen LogP contribution in [0.2, 0.25) is 0 Å². The van der Waals surface area contributed by atoms with Crippen LogP contribution >= 0.6 is 0 Å². The fraction of sp³-hybridized carbons (Fsp3) is 0.211. The molecular formula is C19H22N2O. The van der Waals surface area contributed by atoms with Gasteiger partial charge >= 0.3 is 5.69 Å². The van der Waals surface area contributed by atoms with Gasteiger partial charge in [0.05, 0.1) is 11.0 Å². The van der Waals surface area contributed by atoms with Crippen LogP contribution in [0.3, 0.4) is 0 Å². The van der Waals surface area contributed by atoms with Gasteiger partial charge in [-0.1, -0.05) is 49.9 Å². The van der Waals surface area contributed by atoms with Gasteiger partial charge < -0.3 is 0 Å². The molecule has 0 aliphatic rings. The van der Waals surface area contributed by atoms with Crippen LogP contribution in [0.1, 0.15) is 20.3 Å². The average Bonchev–Trinajstić information content (AvgIpc) is 2.80. The van der Waals surface area contributed by atoms with E-state index in [0.29, 0.717) is 0 Å². The van der Waals surface area contributed by atoms with Crippen LogP contribution in [0.15, 0.2) is 71.6 Å². The molecule has 0 amide bonds. The molecule has 0 saturated heterocycles. The number of hydrogen-bond donors (Lipinski definition) is 0. The van der Waals surface area contributed by atoms with Crippen molar-refractivity contribution >= 4 is 16.7 Å². The molecule has 0 radical (unpaired) electrons. The van der Waals surface area contributed by atoms with E-state index in [1.807, 2.05) is 55.5 Å². The van der Waals surface area contributed by atoms with E-state index in [9.17, 15) is 4.79 Å². The van der Waals surface area contributed by atoms with Crippen LogP contribution in [0.25, 0.3) is 16.7 Å². The molecule has 3 heteroatoms. The maximum Gasteiger partial charge on any atom is 0.333 e.